The molecular weight excluding hydrogens is 260 g/mol. The van der Waals surface area contributed by atoms with Crippen LogP contribution in [0.2, 0.25) is 0 Å². The molecule has 20 heavy (non-hydrogen) atoms. The predicted octanol–water partition coefficient (Wildman–Crippen LogP) is 4.62. The summed E-state index contributed by atoms with van der Waals surface area (Å²) in [5.41, 5.74) is 0.412. The summed E-state index contributed by atoms with van der Waals surface area (Å²) in [5, 5.41) is 2.28. The Balaban J connectivity index is 1.83. The molecule has 2 nitrogen and oxygen atoms in total. The van der Waals surface area contributed by atoms with Crippen LogP contribution in [-0.4, -0.2) is 11.8 Å². The second kappa shape index (κ2) is 6.82. The zero-order valence-corrected chi connectivity index (χ0v) is 11.6. The van der Waals surface area contributed by atoms with E-state index in [9.17, 15) is 13.6 Å². The van der Waals surface area contributed by atoms with Gasteiger partial charge in [-0.3, -0.25) is 4.79 Å². The Morgan fingerprint density at radius 1 is 1.15 bits per heavy atom. The van der Waals surface area contributed by atoms with Crippen LogP contribution in [0.15, 0.2) is 30.3 Å². The Hall–Kier alpha value is -1.45. The van der Waals surface area contributed by atoms with Crippen molar-refractivity contribution in [2.45, 2.75) is 50.9 Å². The fourth-order valence-corrected chi connectivity index (χ4v) is 2.72. The van der Waals surface area contributed by atoms with E-state index < -0.39 is 11.8 Å². The number of benzene rings is 1. The summed E-state index contributed by atoms with van der Waals surface area (Å²) in [6.07, 6.45) is 5.61. The lowest BCUT2D eigenvalue weighted by molar-refractivity contribution is -0.141. The summed E-state index contributed by atoms with van der Waals surface area (Å²) in [4.78, 5) is 11.6. The molecule has 2 rings (SSSR count). The third-order valence-electron chi connectivity index (χ3n) is 3.96. The van der Waals surface area contributed by atoms with E-state index in [4.69, 9.17) is 0 Å². The summed E-state index contributed by atoms with van der Waals surface area (Å²) < 4.78 is 27.7. The molecule has 1 aromatic rings. The van der Waals surface area contributed by atoms with E-state index in [2.05, 4.69) is 5.32 Å². The molecule has 0 heterocycles. The Morgan fingerprint density at radius 2 is 1.80 bits per heavy atom. The van der Waals surface area contributed by atoms with E-state index in [0.717, 1.165) is 25.7 Å². The van der Waals surface area contributed by atoms with Crippen LogP contribution in [0.3, 0.4) is 0 Å². The van der Waals surface area contributed by atoms with Crippen LogP contribution in [0.4, 0.5) is 14.5 Å². The van der Waals surface area contributed by atoms with Gasteiger partial charge in [0.15, 0.2) is 0 Å². The minimum Gasteiger partial charge on any atom is -0.321 e. The van der Waals surface area contributed by atoms with E-state index in [1.54, 1.807) is 30.3 Å². The van der Waals surface area contributed by atoms with Crippen LogP contribution in [0.5, 0.6) is 0 Å². The number of rotatable bonds is 5. The average molecular weight is 281 g/mol. The van der Waals surface area contributed by atoms with Gasteiger partial charge in [0.05, 0.1) is 0 Å². The van der Waals surface area contributed by atoms with Crippen molar-refractivity contribution in [1.82, 2.24) is 0 Å². The van der Waals surface area contributed by atoms with Crippen molar-refractivity contribution in [2.75, 3.05) is 5.32 Å². The predicted molar refractivity (Wildman–Crippen MR) is 75.8 cm³/mol. The summed E-state index contributed by atoms with van der Waals surface area (Å²) in [5.74, 6) is -4.12. The van der Waals surface area contributed by atoms with Crippen LogP contribution in [0, 0.1) is 5.92 Å². The molecule has 1 N–H and O–H groups in total. The molecule has 1 aliphatic carbocycles. The topological polar surface area (TPSA) is 29.1 Å². The van der Waals surface area contributed by atoms with Crippen molar-refractivity contribution >= 4 is 11.6 Å². The number of hydrogen-bond donors (Lipinski definition) is 1. The molecule has 0 bridgehead atoms. The van der Waals surface area contributed by atoms with Gasteiger partial charge in [0, 0.05) is 12.1 Å². The van der Waals surface area contributed by atoms with E-state index in [1.807, 2.05) is 0 Å². The zero-order chi connectivity index (χ0) is 14.4. The number of nitrogens with one attached hydrogen (secondary N) is 1. The highest BCUT2D eigenvalue weighted by Gasteiger charge is 2.38. The smallest absolute Gasteiger partial charge is 0.321 e. The van der Waals surface area contributed by atoms with Crippen LogP contribution >= 0.6 is 0 Å². The maximum atomic E-state index is 13.8. The summed E-state index contributed by atoms with van der Waals surface area (Å²) in [6.45, 7) is 0. The van der Waals surface area contributed by atoms with Crippen LogP contribution < -0.4 is 5.32 Å². The van der Waals surface area contributed by atoms with Gasteiger partial charge in [-0.25, -0.2) is 0 Å². The van der Waals surface area contributed by atoms with Crippen LogP contribution in [0.1, 0.15) is 44.9 Å². The number of anilines is 1. The highest BCUT2D eigenvalue weighted by molar-refractivity contribution is 5.95. The maximum absolute atomic E-state index is 13.8. The average Bonchev–Trinajstić information content (AvgIpc) is 2.47. The molecule has 1 saturated carbocycles. The number of amides is 1. The number of hydrogen-bond acceptors (Lipinski definition) is 1. The molecule has 1 aromatic carbocycles. The second-order valence-electron chi connectivity index (χ2n) is 5.57. The van der Waals surface area contributed by atoms with Gasteiger partial charge in [-0.1, -0.05) is 50.3 Å². The lowest BCUT2D eigenvalue weighted by Gasteiger charge is -2.23. The third kappa shape index (κ3) is 4.29. The van der Waals surface area contributed by atoms with Crippen molar-refractivity contribution in [3.05, 3.63) is 30.3 Å². The first-order valence-corrected chi connectivity index (χ1v) is 7.32. The molecule has 0 radical (unpaired) electrons. The third-order valence-corrected chi connectivity index (χ3v) is 3.96. The molecule has 110 valence electrons. The maximum Gasteiger partial charge on any atom is 0.324 e. The largest absolute Gasteiger partial charge is 0.324 e. The van der Waals surface area contributed by atoms with E-state index in [1.165, 1.54) is 6.42 Å². The Bertz CT molecular complexity index is 427. The summed E-state index contributed by atoms with van der Waals surface area (Å²) in [6, 6.07) is 8.40. The lowest BCUT2D eigenvalue weighted by Crippen LogP contribution is -2.35. The molecule has 0 atom stereocenters. The van der Waals surface area contributed by atoms with Crippen molar-refractivity contribution in [2.24, 2.45) is 5.92 Å². The first-order valence-electron chi connectivity index (χ1n) is 7.32. The van der Waals surface area contributed by atoms with Crippen molar-refractivity contribution in [3.63, 3.8) is 0 Å². The molecule has 0 aromatic heterocycles. The summed E-state index contributed by atoms with van der Waals surface area (Å²) in [7, 11) is 0. The molecule has 0 aliphatic heterocycles. The van der Waals surface area contributed by atoms with E-state index in [-0.39, 0.29) is 6.42 Å². The van der Waals surface area contributed by atoms with Crippen LogP contribution in [0.25, 0.3) is 0 Å². The Morgan fingerprint density at radius 3 is 2.45 bits per heavy atom. The molecule has 1 aliphatic rings. The molecule has 1 fully saturated rings. The van der Waals surface area contributed by atoms with Crippen LogP contribution in [-0.2, 0) is 4.79 Å². The summed E-state index contributed by atoms with van der Waals surface area (Å²) >= 11 is 0. The number of alkyl halides is 2. The molecule has 4 heteroatoms. The number of carbonyl (C=O) groups is 1. The van der Waals surface area contributed by atoms with Gasteiger partial charge in [-0.05, 0) is 24.5 Å². The number of halogens is 2. The number of para-hydroxylation sites is 1. The molecular formula is C16H21F2NO. The second-order valence-corrected chi connectivity index (χ2v) is 5.57. The fourth-order valence-electron chi connectivity index (χ4n) is 2.72. The van der Waals surface area contributed by atoms with Gasteiger partial charge >= 0.3 is 5.92 Å². The van der Waals surface area contributed by atoms with Gasteiger partial charge in [0.2, 0.25) is 0 Å². The quantitative estimate of drug-likeness (QED) is 0.838. The zero-order valence-electron chi connectivity index (χ0n) is 11.6. The lowest BCUT2D eigenvalue weighted by atomic mass is 9.85. The minimum absolute atomic E-state index is 0.351. The van der Waals surface area contributed by atoms with E-state index in [0.29, 0.717) is 18.0 Å². The van der Waals surface area contributed by atoms with Gasteiger partial charge in [-0.15, -0.1) is 0 Å². The van der Waals surface area contributed by atoms with Gasteiger partial charge < -0.3 is 5.32 Å². The van der Waals surface area contributed by atoms with Crippen molar-refractivity contribution in [3.8, 4) is 0 Å². The normalized spacial score (nSPS) is 16.9. The van der Waals surface area contributed by atoms with Gasteiger partial charge in [0.25, 0.3) is 5.91 Å². The molecule has 0 saturated heterocycles. The molecule has 1 amide bonds. The molecule has 0 unspecified atom stereocenters. The standard InChI is InChI=1S/C16H21F2NO/c17-16(18,12-11-13-7-3-1-4-8-13)15(20)19-14-9-5-2-6-10-14/h2,5-6,9-10,13H,1,3-4,7-8,11-12H2,(H,19,20). The molecule has 0 spiro atoms. The van der Waals surface area contributed by atoms with Crippen molar-refractivity contribution in [1.29, 1.82) is 0 Å². The van der Waals surface area contributed by atoms with E-state index >= 15 is 0 Å². The highest BCUT2D eigenvalue weighted by Crippen LogP contribution is 2.32. The SMILES string of the molecule is O=C(Nc1ccccc1)C(F)(F)CCC1CCCCC1. The minimum atomic E-state index is -3.28. The van der Waals surface area contributed by atoms with Gasteiger partial charge in [0.1, 0.15) is 0 Å². The first-order chi connectivity index (χ1) is 9.58. The highest BCUT2D eigenvalue weighted by atomic mass is 19.3. The Kier molecular flexibility index (Phi) is 5.10. The Labute approximate surface area is 118 Å². The monoisotopic (exact) mass is 281 g/mol. The van der Waals surface area contributed by atoms with Crippen molar-refractivity contribution < 1.29 is 13.6 Å². The number of carbonyl (C=O) groups excluding carboxylic acids is 1. The van der Waals surface area contributed by atoms with Gasteiger partial charge in [-0.2, -0.15) is 8.78 Å². The fraction of sp³-hybridized carbons (Fsp3) is 0.562. The first kappa shape index (κ1) is 14.9.